The Morgan fingerprint density at radius 1 is 1.04 bits per heavy atom. The molecule has 0 radical (unpaired) electrons. The van der Waals surface area contributed by atoms with Gasteiger partial charge < -0.3 is 4.57 Å². The van der Waals surface area contributed by atoms with E-state index in [1.807, 2.05) is 0 Å². The number of anilines is 1. The lowest BCUT2D eigenvalue weighted by Crippen LogP contribution is -2.21. The van der Waals surface area contributed by atoms with Gasteiger partial charge in [0.15, 0.2) is 10.4 Å². The Morgan fingerprint density at radius 2 is 1.63 bits per heavy atom. The third kappa shape index (κ3) is 3.17. The first-order valence-corrected chi connectivity index (χ1v) is 8.78. The number of nitrogens with zero attached hydrogens (tertiary/aromatic N) is 3. The Morgan fingerprint density at radius 3 is 2.19 bits per heavy atom. The lowest BCUT2D eigenvalue weighted by Gasteiger charge is -2.14. The van der Waals surface area contributed by atoms with Crippen LogP contribution in [0.15, 0.2) is 53.3 Å². The van der Waals surface area contributed by atoms with E-state index >= 15 is 0 Å². The van der Waals surface area contributed by atoms with Crippen LogP contribution in [-0.4, -0.2) is 20.7 Å². The Labute approximate surface area is 155 Å². The molecular weight excluding hydrogens is 374 g/mol. The number of rotatable bonds is 4. The van der Waals surface area contributed by atoms with Crippen LogP contribution in [0.2, 0.25) is 0 Å². The molecule has 0 saturated heterocycles. The summed E-state index contributed by atoms with van der Waals surface area (Å²) < 4.78 is 26.9. The molecule has 2 aromatic carbocycles. The maximum Gasteiger partial charge on any atom is 0.291 e. The van der Waals surface area contributed by atoms with Crippen molar-refractivity contribution in [3.8, 4) is 0 Å². The Hall–Kier alpha value is -3.20. The molecular formula is C18H12F2N4O2S. The van der Waals surface area contributed by atoms with Crippen LogP contribution in [0.25, 0.3) is 21.8 Å². The van der Waals surface area contributed by atoms with Crippen molar-refractivity contribution in [2.45, 2.75) is 13.0 Å². The molecule has 0 spiro atoms. The molecule has 2 heterocycles. The van der Waals surface area contributed by atoms with Gasteiger partial charge in [0.1, 0.15) is 6.54 Å². The number of hydrogen-bond acceptors (Lipinski definition) is 5. The van der Waals surface area contributed by atoms with Gasteiger partial charge in [-0.3, -0.25) is 14.9 Å². The second kappa shape index (κ2) is 6.84. The number of amides is 1. The number of benzene rings is 2. The molecule has 9 heteroatoms. The highest BCUT2D eigenvalue weighted by Crippen LogP contribution is 2.25. The molecule has 0 aliphatic heterocycles. The zero-order chi connectivity index (χ0) is 19.0. The number of carbonyl (C=O) groups excluding carboxylic acids is 1. The summed E-state index contributed by atoms with van der Waals surface area (Å²) in [6, 6.07) is 14.0. The van der Waals surface area contributed by atoms with Gasteiger partial charge in [-0.25, -0.2) is 8.78 Å². The van der Waals surface area contributed by atoms with Gasteiger partial charge in [0, 0.05) is 10.8 Å². The summed E-state index contributed by atoms with van der Waals surface area (Å²) in [6.07, 6.45) is -2.74. The van der Waals surface area contributed by atoms with Gasteiger partial charge in [0.05, 0.1) is 11.0 Å². The molecule has 27 heavy (non-hydrogen) atoms. The molecule has 0 atom stereocenters. The van der Waals surface area contributed by atoms with Crippen LogP contribution in [-0.2, 0) is 11.3 Å². The number of aromatic nitrogens is 3. The van der Waals surface area contributed by atoms with Crippen molar-refractivity contribution in [3.05, 3.63) is 63.8 Å². The topological polar surface area (TPSA) is 76.9 Å². The van der Waals surface area contributed by atoms with Gasteiger partial charge in [-0.2, -0.15) is 0 Å². The van der Waals surface area contributed by atoms with Crippen LogP contribution >= 0.6 is 11.3 Å². The van der Waals surface area contributed by atoms with E-state index in [1.54, 1.807) is 53.1 Å². The predicted molar refractivity (Wildman–Crippen MR) is 99.2 cm³/mol. The van der Waals surface area contributed by atoms with Crippen LogP contribution in [0.1, 0.15) is 11.4 Å². The molecule has 1 N–H and O–H groups in total. The van der Waals surface area contributed by atoms with Gasteiger partial charge in [-0.15, -0.1) is 10.2 Å². The molecule has 0 unspecified atom stereocenters. The first-order chi connectivity index (χ1) is 13.0. The van der Waals surface area contributed by atoms with Crippen LogP contribution in [0.4, 0.5) is 13.9 Å². The van der Waals surface area contributed by atoms with E-state index in [0.717, 1.165) is 0 Å². The summed E-state index contributed by atoms with van der Waals surface area (Å²) in [5, 5.41) is 9.93. The van der Waals surface area contributed by atoms with Crippen molar-refractivity contribution < 1.29 is 13.6 Å². The van der Waals surface area contributed by atoms with E-state index < -0.39 is 17.3 Å². The average Bonchev–Trinajstić information content (AvgIpc) is 3.14. The van der Waals surface area contributed by atoms with E-state index in [9.17, 15) is 18.4 Å². The molecule has 1 amide bonds. The molecule has 0 fully saturated rings. The lowest BCUT2D eigenvalue weighted by atomic mass is 10.1. The first-order valence-electron chi connectivity index (χ1n) is 7.96. The molecule has 0 aliphatic carbocycles. The summed E-state index contributed by atoms with van der Waals surface area (Å²) >= 11 is 0.626. The minimum Gasteiger partial charge on any atom is -0.331 e. The van der Waals surface area contributed by atoms with Gasteiger partial charge in [0.2, 0.25) is 11.0 Å². The van der Waals surface area contributed by atoms with Gasteiger partial charge in [-0.1, -0.05) is 35.6 Å². The van der Waals surface area contributed by atoms with Crippen molar-refractivity contribution in [1.29, 1.82) is 0 Å². The van der Waals surface area contributed by atoms with Crippen molar-refractivity contribution in [1.82, 2.24) is 14.8 Å². The number of para-hydroxylation sites is 2. The van der Waals surface area contributed by atoms with E-state index in [1.165, 1.54) is 0 Å². The highest BCUT2D eigenvalue weighted by atomic mass is 32.1. The van der Waals surface area contributed by atoms with Crippen LogP contribution in [0.5, 0.6) is 0 Å². The molecule has 4 rings (SSSR count). The van der Waals surface area contributed by atoms with Crippen LogP contribution in [0, 0.1) is 0 Å². The zero-order valence-electron chi connectivity index (χ0n) is 13.7. The fraction of sp³-hybridized carbons (Fsp3) is 0.111. The van der Waals surface area contributed by atoms with E-state index in [4.69, 9.17) is 0 Å². The van der Waals surface area contributed by atoms with Crippen molar-refractivity contribution in [2.75, 3.05) is 5.32 Å². The molecule has 6 nitrogen and oxygen atoms in total. The third-order valence-corrected chi connectivity index (χ3v) is 4.90. The van der Waals surface area contributed by atoms with Gasteiger partial charge >= 0.3 is 0 Å². The summed E-state index contributed by atoms with van der Waals surface area (Å²) in [4.78, 5) is 25.2. The monoisotopic (exact) mass is 386 g/mol. The van der Waals surface area contributed by atoms with Crippen molar-refractivity contribution >= 4 is 44.2 Å². The minimum absolute atomic E-state index is 0.00459. The third-order valence-electron chi connectivity index (χ3n) is 4.05. The summed E-state index contributed by atoms with van der Waals surface area (Å²) in [5.74, 6) is -0.453. The normalized spacial score (nSPS) is 11.4. The zero-order valence-corrected chi connectivity index (χ0v) is 14.5. The smallest absolute Gasteiger partial charge is 0.291 e. The molecule has 0 bridgehead atoms. The molecule has 0 saturated carbocycles. The Balaban J connectivity index is 1.74. The maximum atomic E-state index is 12.7. The molecule has 0 aliphatic rings. The SMILES string of the molecule is O=C(Cn1c2ccccc2c(=O)c2ccccc21)Nc1nnc(C(F)F)s1. The number of hydrogen-bond donors (Lipinski definition) is 1. The number of alkyl halides is 2. The highest BCUT2D eigenvalue weighted by Gasteiger charge is 2.17. The molecule has 4 aromatic rings. The quantitative estimate of drug-likeness (QED) is 0.544. The lowest BCUT2D eigenvalue weighted by molar-refractivity contribution is -0.116. The number of nitrogens with one attached hydrogen (secondary N) is 1. The second-order valence-electron chi connectivity index (χ2n) is 5.74. The van der Waals surface area contributed by atoms with Gasteiger partial charge in [0.25, 0.3) is 6.43 Å². The van der Waals surface area contributed by atoms with E-state index in [-0.39, 0.29) is 17.1 Å². The first kappa shape index (κ1) is 17.2. The standard InChI is InChI=1S/C18H12F2N4O2S/c19-16(20)17-22-23-18(27-17)21-14(25)9-24-12-7-3-1-5-10(12)15(26)11-6-2-4-8-13(11)24/h1-8,16H,9H2,(H,21,23,25). The largest absolute Gasteiger partial charge is 0.331 e. The minimum atomic E-state index is -2.74. The Kier molecular flexibility index (Phi) is 4.36. The highest BCUT2D eigenvalue weighted by molar-refractivity contribution is 7.15. The predicted octanol–water partition coefficient (Wildman–Crippen LogP) is 3.58. The van der Waals surface area contributed by atoms with Crippen LogP contribution < -0.4 is 10.7 Å². The number of fused-ring (bicyclic) bond motifs is 2. The summed E-state index contributed by atoms with van der Waals surface area (Å²) in [5.41, 5.74) is 1.12. The Bertz CT molecular complexity index is 1160. The summed E-state index contributed by atoms with van der Waals surface area (Å²) in [6.45, 7) is -0.106. The van der Waals surface area contributed by atoms with E-state index in [2.05, 4.69) is 15.5 Å². The number of carbonyl (C=O) groups is 1. The molecule has 2 aromatic heterocycles. The maximum absolute atomic E-state index is 12.7. The summed E-state index contributed by atoms with van der Waals surface area (Å²) in [7, 11) is 0. The average molecular weight is 386 g/mol. The second-order valence-corrected chi connectivity index (χ2v) is 6.75. The van der Waals surface area contributed by atoms with Crippen molar-refractivity contribution in [2.24, 2.45) is 0 Å². The fourth-order valence-corrected chi connectivity index (χ4v) is 3.54. The van der Waals surface area contributed by atoms with E-state index in [0.29, 0.717) is 33.1 Å². The molecule has 136 valence electrons. The van der Waals surface area contributed by atoms with Gasteiger partial charge in [-0.05, 0) is 24.3 Å². The van der Waals surface area contributed by atoms with Crippen LogP contribution in [0.3, 0.4) is 0 Å². The number of halogens is 2. The fourth-order valence-electron chi connectivity index (χ4n) is 2.92. The number of pyridine rings is 1. The van der Waals surface area contributed by atoms with Crippen molar-refractivity contribution in [3.63, 3.8) is 0 Å².